The maximum absolute atomic E-state index is 12.6. The highest BCUT2D eigenvalue weighted by Gasteiger charge is 2.50. The molecule has 4 heterocycles. The summed E-state index contributed by atoms with van der Waals surface area (Å²) < 4.78 is 10.5. The van der Waals surface area contributed by atoms with Gasteiger partial charge in [-0.3, -0.25) is 14.7 Å². The van der Waals surface area contributed by atoms with Gasteiger partial charge in [-0.25, -0.2) is 4.79 Å². The molecule has 0 aromatic carbocycles. The van der Waals surface area contributed by atoms with Crippen LogP contribution in [0, 0.1) is 0 Å². The van der Waals surface area contributed by atoms with Gasteiger partial charge < -0.3 is 14.2 Å². The number of ether oxygens (including phenoxy) is 1. The minimum Gasteiger partial charge on any atom is -0.447 e. The van der Waals surface area contributed by atoms with Crippen LogP contribution < -0.4 is 0 Å². The van der Waals surface area contributed by atoms with Crippen LogP contribution in [-0.2, 0) is 16.0 Å². The fourth-order valence-corrected chi connectivity index (χ4v) is 3.80. The number of piperazine rings is 1. The lowest BCUT2D eigenvalue weighted by Gasteiger charge is -2.44. The number of fused-ring (bicyclic) bond motifs is 1. The molecule has 0 bridgehead atoms. The molecule has 2 aliphatic heterocycles. The fourth-order valence-electron chi connectivity index (χ4n) is 3.80. The van der Waals surface area contributed by atoms with E-state index in [0.717, 1.165) is 12.0 Å². The van der Waals surface area contributed by atoms with Crippen LogP contribution in [0.5, 0.6) is 0 Å². The van der Waals surface area contributed by atoms with Crippen molar-refractivity contribution >= 4 is 12.0 Å². The standard InChI is InChI=1S/C19H23N5O4/c1-2-19-12-23(9-10-24(19)18(26)27-13-19)16(25)7-3-6-15-21-17(22-28-15)14-5-4-8-20-11-14/h4-5,8,11H,2-3,6-7,9-10,12-13H2,1H3. The van der Waals surface area contributed by atoms with Crippen molar-refractivity contribution in [1.29, 1.82) is 0 Å². The lowest BCUT2D eigenvalue weighted by Crippen LogP contribution is -2.62. The van der Waals surface area contributed by atoms with Gasteiger partial charge in [0.1, 0.15) is 6.61 Å². The molecule has 2 aromatic rings. The zero-order valence-electron chi connectivity index (χ0n) is 15.8. The van der Waals surface area contributed by atoms with Gasteiger partial charge in [-0.15, -0.1) is 0 Å². The summed E-state index contributed by atoms with van der Waals surface area (Å²) in [6, 6.07) is 3.68. The number of amides is 2. The van der Waals surface area contributed by atoms with Crippen molar-refractivity contribution in [3.05, 3.63) is 30.4 Å². The van der Waals surface area contributed by atoms with E-state index in [9.17, 15) is 9.59 Å². The van der Waals surface area contributed by atoms with E-state index < -0.39 is 0 Å². The molecule has 148 valence electrons. The molecule has 1 atom stereocenters. The number of pyridine rings is 1. The Morgan fingerprint density at radius 1 is 1.36 bits per heavy atom. The molecule has 2 aliphatic rings. The number of rotatable bonds is 6. The molecule has 2 saturated heterocycles. The third kappa shape index (κ3) is 3.44. The molecule has 2 aromatic heterocycles. The van der Waals surface area contributed by atoms with Gasteiger partial charge in [0.25, 0.3) is 0 Å². The predicted octanol–water partition coefficient (Wildman–Crippen LogP) is 1.90. The topological polar surface area (TPSA) is 102 Å². The van der Waals surface area contributed by atoms with Gasteiger partial charge in [0.05, 0.1) is 5.54 Å². The van der Waals surface area contributed by atoms with Crippen molar-refractivity contribution in [2.45, 2.75) is 38.1 Å². The summed E-state index contributed by atoms with van der Waals surface area (Å²) in [4.78, 5) is 36.5. The zero-order valence-corrected chi connectivity index (χ0v) is 15.8. The molecule has 9 heteroatoms. The summed E-state index contributed by atoms with van der Waals surface area (Å²) in [6.45, 7) is 3.97. The molecule has 2 amide bonds. The summed E-state index contributed by atoms with van der Waals surface area (Å²) in [5.74, 6) is 1.09. The summed E-state index contributed by atoms with van der Waals surface area (Å²) in [6.07, 6.45) is 5.43. The maximum Gasteiger partial charge on any atom is 0.410 e. The number of hydrogen-bond acceptors (Lipinski definition) is 7. The minimum atomic E-state index is -0.379. The first kappa shape index (κ1) is 18.4. The van der Waals surface area contributed by atoms with Crippen LogP contribution in [0.15, 0.2) is 29.0 Å². The Bertz CT molecular complexity index is 855. The molecule has 4 rings (SSSR count). The SMILES string of the molecule is CCC12COC(=O)N1CCN(C(=O)CCCc1nc(-c3cccnc3)no1)C2. The smallest absolute Gasteiger partial charge is 0.410 e. The summed E-state index contributed by atoms with van der Waals surface area (Å²) in [7, 11) is 0. The normalized spacial score (nSPS) is 21.5. The maximum atomic E-state index is 12.6. The number of aromatic nitrogens is 3. The van der Waals surface area contributed by atoms with Gasteiger partial charge in [0.2, 0.25) is 17.6 Å². The summed E-state index contributed by atoms with van der Waals surface area (Å²) in [5, 5.41) is 3.96. The Hall–Kier alpha value is -2.97. The van der Waals surface area contributed by atoms with Crippen molar-refractivity contribution in [1.82, 2.24) is 24.9 Å². The van der Waals surface area contributed by atoms with E-state index in [1.54, 1.807) is 17.3 Å². The van der Waals surface area contributed by atoms with E-state index in [1.807, 2.05) is 24.0 Å². The largest absolute Gasteiger partial charge is 0.447 e. The third-order valence-corrected chi connectivity index (χ3v) is 5.52. The number of carbonyl (C=O) groups is 2. The average Bonchev–Trinajstić information content (AvgIpc) is 3.34. The Balaban J connectivity index is 1.29. The molecule has 9 nitrogen and oxygen atoms in total. The van der Waals surface area contributed by atoms with E-state index in [2.05, 4.69) is 15.1 Å². The molecular formula is C19H23N5O4. The van der Waals surface area contributed by atoms with Gasteiger partial charge in [0, 0.05) is 50.4 Å². The second-order valence-electron chi connectivity index (χ2n) is 7.21. The van der Waals surface area contributed by atoms with E-state index in [-0.39, 0.29) is 17.5 Å². The van der Waals surface area contributed by atoms with Crippen LogP contribution >= 0.6 is 0 Å². The Labute approximate surface area is 162 Å². The van der Waals surface area contributed by atoms with Crippen LogP contribution in [0.4, 0.5) is 4.79 Å². The third-order valence-electron chi connectivity index (χ3n) is 5.52. The molecule has 0 radical (unpaired) electrons. The molecule has 0 N–H and O–H groups in total. The number of cyclic esters (lactones) is 1. The van der Waals surface area contributed by atoms with Crippen LogP contribution in [0.25, 0.3) is 11.4 Å². The highest BCUT2D eigenvalue weighted by atomic mass is 16.6. The lowest BCUT2D eigenvalue weighted by molar-refractivity contribution is -0.135. The Morgan fingerprint density at radius 2 is 2.25 bits per heavy atom. The van der Waals surface area contributed by atoms with Crippen LogP contribution in [0.1, 0.15) is 32.1 Å². The Kier molecular flexibility index (Phi) is 4.97. The van der Waals surface area contributed by atoms with Gasteiger partial charge in [-0.1, -0.05) is 12.1 Å². The number of nitrogens with zero attached hydrogens (tertiary/aromatic N) is 5. The van der Waals surface area contributed by atoms with Crippen molar-refractivity contribution in [2.75, 3.05) is 26.2 Å². The molecule has 2 fully saturated rings. The second kappa shape index (κ2) is 7.57. The second-order valence-corrected chi connectivity index (χ2v) is 7.21. The van der Waals surface area contributed by atoms with Crippen LogP contribution in [-0.4, -0.2) is 68.7 Å². The quantitative estimate of drug-likeness (QED) is 0.748. The first-order valence-electron chi connectivity index (χ1n) is 9.56. The first-order chi connectivity index (χ1) is 13.6. The van der Waals surface area contributed by atoms with E-state index in [4.69, 9.17) is 9.26 Å². The van der Waals surface area contributed by atoms with Gasteiger partial charge in [-0.2, -0.15) is 4.98 Å². The van der Waals surface area contributed by atoms with Crippen LogP contribution in [0.2, 0.25) is 0 Å². The first-order valence-corrected chi connectivity index (χ1v) is 9.56. The molecule has 28 heavy (non-hydrogen) atoms. The minimum absolute atomic E-state index is 0.0822. The molecule has 0 aliphatic carbocycles. The highest BCUT2D eigenvalue weighted by molar-refractivity contribution is 5.77. The van der Waals surface area contributed by atoms with Crippen molar-refractivity contribution in [2.24, 2.45) is 0 Å². The number of hydrogen-bond donors (Lipinski definition) is 0. The summed E-state index contributed by atoms with van der Waals surface area (Å²) >= 11 is 0. The molecule has 1 unspecified atom stereocenters. The average molecular weight is 385 g/mol. The molecular weight excluding hydrogens is 362 g/mol. The Morgan fingerprint density at radius 3 is 3.04 bits per heavy atom. The van der Waals surface area contributed by atoms with Gasteiger partial charge in [0.15, 0.2) is 0 Å². The van der Waals surface area contributed by atoms with Crippen molar-refractivity contribution in [3.8, 4) is 11.4 Å². The van der Waals surface area contributed by atoms with E-state index in [1.165, 1.54) is 0 Å². The van der Waals surface area contributed by atoms with Crippen molar-refractivity contribution in [3.63, 3.8) is 0 Å². The summed E-state index contributed by atoms with van der Waals surface area (Å²) in [5.41, 5.74) is 0.417. The van der Waals surface area contributed by atoms with Gasteiger partial charge >= 0.3 is 6.09 Å². The van der Waals surface area contributed by atoms with Crippen LogP contribution in [0.3, 0.4) is 0 Å². The number of aryl methyl sites for hydroxylation is 1. The van der Waals surface area contributed by atoms with Crippen molar-refractivity contribution < 1.29 is 18.8 Å². The molecule has 0 saturated carbocycles. The number of carbonyl (C=O) groups excluding carboxylic acids is 2. The molecule has 0 spiro atoms. The van der Waals surface area contributed by atoms with Gasteiger partial charge in [-0.05, 0) is 25.0 Å². The monoisotopic (exact) mass is 385 g/mol. The lowest BCUT2D eigenvalue weighted by atomic mass is 9.92. The zero-order chi connectivity index (χ0) is 19.6. The fraction of sp³-hybridized carbons (Fsp3) is 0.526. The van der Waals surface area contributed by atoms with E-state index >= 15 is 0 Å². The predicted molar refractivity (Wildman–Crippen MR) is 98.1 cm³/mol. The van der Waals surface area contributed by atoms with E-state index in [0.29, 0.717) is 57.2 Å². The highest BCUT2D eigenvalue weighted by Crippen LogP contribution is 2.32.